The molecule has 0 spiro atoms. The van der Waals surface area contributed by atoms with Gasteiger partial charge in [0.15, 0.2) is 0 Å². The summed E-state index contributed by atoms with van der Waals surface area (Å²) in [6.45, 7) is 9.09. The summed E-state index contributed by atoms with van der Waals surface area (Å²) in [5, 5.41) is 0.706. The van der Waals surface area contributed by atoms with Gasteiger partial charge in [-0.05, 0) is 56.3 Å². The number of hydrogen-bond donors (Lipinski definition) is 0. The predicted octanol–water partition coefficient (Wildman–Crippen LogP) is 4.04. The molecule has 1 amide bonds. The van der Waals surface area contributed by atoms with Crippen molar-refractivity contribution in [2.24, 2.45) is 5.92 Å². The number of carbonyl (C=O) groups is 1. The summed E-state index contributed by atoms with van der Waals surface area (Å²) in [7, 11) is 2.10. The van der Waals surface area contributed by atoms with Crippen LogP contribution in [0.4, 0.5) is 0 Å². The molecule has 0 aliphatic carbocycles. The van der Waals surface area contributed by atoms with Crippen LogP contribution in [0.3, 0.4) is 0 Å². The number of piperidine rings is 1. The topological polar surface area (TPSA) is 32.8 Å². The highest BCUT2D eigenvalue weighted by Crippen LogP contribution is 2.21. The first-order valence-electron chi connectivity index (χ1n) is 9.98. The largest absolute Gasteiger partial charge is 0.381 e. The zero-order chi connectivity index (χ0) is 19.5. The van der Waals surface area contributed by atoms with Gasteiger partial charge < -0.3 is 14.5 Å². The number of hydrogen-bond acceptors (Lipinski definition) is 3. The smallest absolute Gasteiger partial charge is 0.226 e. The van der Waals surface area contributed by atoms with Crippen molar-refractivity contribution in [2.45, 2.75) is 32.1 Å². The minimum absolute atomic E-state index is 0.218. The molecule has 0 N–H and O–H groups in total. The normalized spacial score (nSPS) is 15.3. The Hall–Kier alpha value is -1.36. The van der Waals surface area contributed by atoms with Gasteiger partial charge in [0.05, 0.1) is 6.42 Å². The van der Waals surface area contributed by atoms with Crippen LogP contribution in [0, 0.1) is 5.92 Å². The van der Waals surface area contributed by atoms with E-state index in [0.717, 1.165) is 70.6 Å². The van der Waals surface area contributed by atoms with Gasteiger partial charge in [-0.2, -0.15) is 0 Å². The molecule has 0 aromatic heterocycles. The van der Waals surface area contributed by atoms with Gasteiger partial charge in [-0.15, -0.1) is 6.58 Å². The molecule has 0 bridgehead atoms. The second-order valence-corrected chi connectivity index (χ2v) is 7.87. The minimum Gasteiger partial charge on any atom is -0.381 e. The second-order valence-electron chi connectivity index (χ2n) is 7.43. The molecule has 4 nitrogen and oxygen atoms in total. The van der Waals surface area contributed by atoms with Crippen LogP contribution >= 0.6 is 11.6 Å². The van der Waals surface area contributed by atoms with Crippen LogP contribution in [-0.2, 0) is 16.0 Å². The lowest BCUT2D eigenvalue weighted by Gasteiger charge is -2.32. The maximum atomic E-state index is 12.5. The third-order valence-corrected chi connectivity index (χ3v) is 5.43. The van der Waals surface area contributed by atoms with Crippen LogP contribution in [0.25, 0.3) is 0 Å². The van der Waals surface area contributed by atoms with E-state index in [1.165, 1.54) is 0 Å². The van der Waals surface area contributed by atoms with Gasteiger partial charge in [0.1, 0.15) is 0 Å². The molecule has 1 aliphatic rings. The maximum absolute atomic E-state index is 12.5. The summed E-state index contributed by atoms with van der Waals surface area (Å²) < 4.78 is 5.78. The highest BCUT2D eigenvalue weighted by molar-refractivity contribution is 6.30. The molecule has 1 aliphatic heterocycles. The van der Waals surface area contributed by atoms with E-state index in [1.54, 1.807) is 0 Å². The van der Waals surface area contributed by atoms with Crippen molar-refractivity contribution in [3.05, 3.63) is 47.5 Å². The first-order valence-corrected chi connectivity index (χ1v) is 10.4. The molecule has 1 aromatic carbocycles. The monoisotopic (exact) mass is 392 g/mol. The van der Waals surface area contributed by atoms with E-state index < -0.39 is 0 Å². The van der Waals surface area contributed by atoms with E-state index in [-0.39, 0.29) is 5.91 Å². The molecular weight excluding hydrogens is 360 g/mol. The first-order chi connectivity index (χ1) is 13.1. The fourth-order valence-corrected chi connectivity index (χ4v) is 3.59. The molecule has 1 aromatic rings. The van der Waals surface area contributed by atoms with E-state index in [9.17, 15) is 4.79 Å². The standard InChI is InChI=1S/C22H33ClN2O2/c1-3-12-24(2)13-4-16-27-17-11-19-9-14-25(15-10-19)22(26)18-20-5-7-21(23)8-6-20/h3,5-8,19H,1,4,9-18H2,2H3. The average molecular weight is 393 g/mol. The van der Waals surface area contributed by atoms with Crippen LogP contribution in [0.5, 0.6) is 0 Å². The number of likely N-dealkylation sites (tertiary alicyclic amines) is 1. The summed E-state index contributed by atoms with van der Waals surface area (Å²) in [6, 6.07) is 7.54. The molecule has 2 rings (SSSR count). The van der Waals surface area contributed by atoms with Crippen molar-refractivity contribution >= 4 is 17.5 Å². The van der Waals surface area contributed by atoms with Crippen LogP contribution in [0.1, 0.15) is 31.2 Å². The quantitative estimate of drug-likeness (QED) is 0.421. The Morgan fingerprint density at radius 1 is 1.30 bits per heavy atom. The molecule has 5 heteroatoms. The minimum atomic E-state index is 0.218. The highest BCUT2D eigenvalue weighted by Gasteiger charge is 2.22. The number of rotatable bonds is 11. The van der Waals surface area contributed by atoms with E-state index in [4.69, 9.17) is 16.3 Å². The third-order valence-electron chi connectivity index (χ3n) is 5.18. The molecular formula is C22H33ClN2O2. The second kappa shape index (κ2) is 12.2. The van der Waals surface area contributed by atoms with Crippen molar-refractivity contribution in [1.29, 1.82) is 0 Å². The lowest BCUT2D eigenvalue weighted by molar-refractivity contribution is -0.131. The van der Waals surface area contributed by atoms with Gasteiger partial charge in [0.2, 0.25) is 5.91 Å². The van der Waals surface area contributed by atoms with Crippen LogP contribution in [-0.4, -0.2) is 62.1 Å². The lowest BCUT2D eigenvalue weighted by Crippen LogP contribution is -2.39. The highest BCUT2D eigenvalue weighted by atomic mass is 35.5. The summed E-state index contributed by atoms with van der Waals surface area (Å²) >= 11 is 5.90. The summed E-state index contributed by atoms with van der Waals surface area (Å²) in [6.07, 6.45) is 6.71. The van der Waals surface area contributed by atoms with Gasteiger partial charge in [-0.1, -0.05) is 29.8 Å². The fourth-order valence-electron chi connectivity index (χ4n) is 3.46. The van der Waals surface area contributed by atoms with Gasteiger partial charge in [0, 0.05) is 44.4 Å². The Morgan fingerprint density at radius 3 is 2.67 bits per heavy atom. The number of carbonyl (C=O) groups excluding carboxylic acids is 1. The number of ether oxygens (including phenoxy) is 1. The third kappa shape index (κ3) is 8.46. The van der Waals surface area contributed by atoms with Crippen molar-refractivity contribution in [1.82, 2.24) is 9.80 Å². The molecule has 0 unspecified atom stereocenters. The molecule has 1 fully saturated rings. The molecule has 27 heavy (non-hydrogen) atoms. The van der Waals surface area contributed by atoms with E-state index >= 15 is 0 Å². The SMILES string of the molecule is C=CCN(C)CCCOCCC1CCN(C(=O)Cc2ccc(Cl)cc2)CC1. The van der Waals surface area contributed by atoms with E-state index in [1.807, 2.05) is 35.2 Å². The Balaban J connectivity index is 1.55. The summed E-state index contributed by atoms with van der Waals surface area (Å²) in [4.78, 5) is 16.7. The zero-order valence-electron chi connectivity index (χ0n) is 16.5. The lowest BCUT2D eigenvalue weighted by atomic mass is 9.93. The molecule has 0 radical (unpaired) electrons. The maximum Gasteiger partial charge on any atom is 0.226 e. The number of amides is 1. The Labute approximate surface area is 169 Å². The van der Waals surface area contributed by atoms with Gasteiger partial charge >= 0.3 is 0 Å². The molecule has 1 heterocycles. The van der Waals surface area contributed by atoms with Crippen LogP contribution < -0.4 is 0 Å². The van der Waals surface area contributed by atoms with E-state index in [0.29, 0.717) is 17.4 Å². The van der Waals surface area contributed by atoms with Gasteiger partial charge in [-0.25, -0.2) is 0 Å². The van der Waals surface area contributed by atoms with Crippen molar-refractivity contribution in [2.75, 3.05) is 46.4 Å². The number of halogens is 1. The van der Waals surface area contributed by atoms with Gasteiger partial charge in [0.25, 0.3) is 0 Å². The number of likely N-dealkylation sites (N-methyl/N-ethyl adjacent to an activating group) is 1. The van der Waals surface area contributed by atoms with Gasteiger partial charge in [-0.3, -0.25) is 4.79 Å². The number of benzene rings is 1. The predicted molar refractivity (Wildman–Crippen MR) is 112 cm³/mol. The summed E-state index contributed by atoms with van der Waals surface area (Å²) in [5.74, 6) is 0.892. The average Bonchev–Trinajstić information content (AvgIpc) is 2.67. The van der Waals surface area contributed by atoms with E-state index in [2.05, 4.69) is 18.5 Å². The number of nitrogens with zero attached hydrogens (tertiary/aromatic N) is 2. The molecule has 0 atom stereocenters. The Kier molecular flexibility index (Phi) is 9.89. The van der Waals surface area contributed by atoms with Crippen molar-refractivity contribution < 1.29 is 9.53 Å². The van der Waals surface area contributed by atoms with Crippen LogP contribution in [0.2, 0.25) is 5.02 Å². The molecule has 0 saturated carbocycles. The van der Waals surface area contributed by atoms with Crippen molar-refractivity contribution in [3.8, 4) is 0 Å². The van der Waals surface area contributed by atoms with Crippen LogP contribution in [0.15, 0.2) is 36.9 Å². The Morgan fingerprint density at radius 2 is 2.00 bits per heavy atom. The molecule has 1 saturated heterocycles. The Bertz CT molecular complexity index is 568. The molecule has 150 valence electrons. The first kappa shape index (κ1) is 21.9. The summed E-state index contributed by atoms with van der Waals surface area (Å²) in [5.41, 5.74) is 1.03. The fraction of sp³-hybridized carbons (Fsp3) is 0.591. The zero-order valence-corrected chi connectivity index (χ0v) is 17.3. The van der Waals surface area contributed by atoms with Crippen molar-refractivity contribution in [3.63, 3.8) is 0 Å².